The van der Waals surface area contributed by atoms with Crippen molar-refractivity contribution in [3.05, 3.63) is 84.5 Å². The highest BCUT2D eigenvalue weighted by atomic mass is 16.5. The summed E-state index contributed by atoms with van der Waals surface area (Å²) >= 11 is 0. The van der Waals surface area contributed by atoms with Gasteiger partial charge in [0, 0.05) is 17.2 Å². The van der Waals surface area contributed by atoms with Crippen LogP contribution in [0.3, 0.4) is 0 Å². The minimum absolute atomic E-state index is 0.104. The van der Waals surface area contributed by atoms with E-state index in [4.69, 9.17) is 14.2 Å². The minimum Gasteiger partial charge on any atom is -0.490 e. The van der Waals surface area contributed by atoms with Crippen molar-refractivity contribution in [2.75, 3.05) is 6.61 Å². The van der Waals surface area contributed by atoms with Crippen molar-refractivity contribution in [3.8, 4) is 17.2 Å². The summed E-state index contributed by atoms with van der Waals surface area (Å²) < 4.78 is 17.9. The van der Waals surface area contributed by atoms with Gasteiger partial charge in [0.1, 0.15) is 35.1 Å². The average Bonchev–Trinajstić information content (AvgIpc) is 2.71. The van der Waals surface area contributed by atoms with E-state index in [1.54, 1.807) is 42.5 Å². The topological polar surface area (TPSA) is 44.8 Å². The van der Waals surface area contributed by atoms with Crippen LogP contribution in [0.5, 0.6) is 17.2 Å². The molecule has 0 saturated heterocycles. The van der Waals surface area contributed by atoms with Crippen LogP contribution in [0.1, 0.15) is 63.0 Å². The van der Waals surface area contributed by atoms with Crippen molar-refractivity contribution in [2.24, 2.45) is 0 Å². The van der Waals surface area contributed by atoms with Crippen LogP contribution in [-0.2, 0) is 6.42 Å². The minimum atomic E-state index is -0.410. The van der Waals surface area contributed by atoms with E-state index in [1.807, 2.05) is 59.8 Å². The zero-order valence-corrected chi connectivity index (χ0v) is 20.7. The van der Waals surface area contributed by atoms with Crippen molar-refractivity contribution in [1.29, 1.82) is 0 Å². The molecule has 0 amide bonds. The summed E-state index contributed by atoms with van der Waals surface area (Å²) in [7, 11) is 0. The van der Waals surface area contributed by atoms with Crippen LogP contribution in [-0.4, -0.2) is 23.6 Å². The highest BCUT2D eigenvalue weighted by Crippen LogP contribution is 2.35. The average molecular weight is 449 g/mol. The van der Waals surface area contributed by atoms with Crippen LogP contribution in [0.15, 0.2) is 67.8 Å². The third-order valence-corrected chi connectivity index (χ3v) is 4.31. The molecule has 0 N–H and O–H groups in total. The Bertz CT molecular complexity index is 1000. The second kappa shape index (κ2) is 11.0. The lowest BCUT2D eigenvalue weighted by molar-refractivity contribution is 0.104. The van der Waals surface area contributed by atoms with Gasteiger partial charge in [-0.15, -0.1) is 6.58 Å². The van der Waals surface area contributed by atoms with E-state index in [1.165, 1.54) is 0 Å². The molecule has 0 aromatic heterocycles. The van der Waals surface area contributed by atoms with E-state index < -0.39 is 5.60 Å². The summed E-state index contributed by atoms with van der Waals surface area (Å²) in [5.74, 6) is 2.00. The molecule has 0 unspecified atom stereocenters. The first kappa shape index (κ1) is 26.0. The Balaban J connectivity index is 2.40. The van der Waals surface area contributed by atoms with Crippen molar-refractivity contribution in [1.82, 2.24) is 0 Å². The lowest BCUT2D eigenvalue weighted by atomic mass is 10.0. The third kappa shape index (κ3) is 8.64. The van der Waals surface area contributed by atoms with Gasteiger partial charge in [0.05, 0.1) is 0 Å². The summed E-state index contributed by atoms with van der Waals surface area (Å²) in [4.78, 5) is 12.8. The smallest absolute Gasteiger partial charge is 0.185 e. The molecule has 0 aliphatic heterocycles. The van der Waals surface area contributed by atoms with Crippen molar-refractivity contribution in [3.63, 3.8) is 0 Å². The van der Waals surface area contributed by atoms with Crippen LogP contribution < -0.4 is 14.2 Å². The summed E-state index contributed by atoms with van der Waals surface area (Å²) in [6.45, 7) is 19.9. The number of benzene rings is 2. The first-order valence-electron chi connectivity index (χ1n) is 11.1. The molecule has 2 aromatic rings. The fourth-order valence-corrected chi connectivity index (χ4v) is 3.05. The van der Waals surface area contributed by atoms with E-state index in [0.717, 1.165) is 16.9 Å². The van der Waals surface area contributed by atoms with Crippen LogP contribution in [0.4, 0.5) is 0 Å². The van der Waals surface area contributed by atoms with Crippen LogP contribution >= 0.6 is 0 Å². The van der Waals surface area contributed by atoms with Gasteiger partial charge >= 0.3 is 0 Å². The first-order chi connectivity index (χ1) is 15.4. The normalized spacial score (nSPS) is 11.8. The van der Waals surface area contributed by atoms with Gasteiger partial charge in [-0.25, -0.2) is 0 Å². The summed E-state index contributed by atoms with van der Waals surface area (Å²) in [5.41, 5.74) is 1.60. The molecule has 4 heteroatoms. The summed E-state index contributed by atoms with van der Waals surface area (Å²) in [5, 5.41) is 0. The highest BCUT2D eigenvalue weighted by molar-refractivity contribution is 6.07. The molecular formula is C29H36O4. The molecule has 0 aliphatic rings. The molecule has 0 radical (unpaired) electrons. The number of ketones is 1. The molecule has 176 valence electrons. The Morgan fingerprint density at radius 2 is 1.48 bits per heavy atom. The number of allylic oxidation sites excluding steroid dienone is 2. The predicted molar refractivity (Wildman–Crippen MR) is 137 cm³/mol. The van der Waals surface area contributed by atoms with E-state index in [-0.39, 0.29) is 11.4 Å². The largest absolute Gasteiger partial charge is 0.490 e. The predicted octanol–water partition coefficient (Wildman–Crippen LogP) is 7.23. The highest BCUT2D eigenvalue weighted by Gasteiger charge is 2.20. The second-order valence-corrected chi connectivity index (χ2v) is 9.74. The lowest BCUT2D eigenvalue weighted by Gasteiger charge is -2.27. The Morgan fingerprint density at radius 1 is 0.879 bits per heavy atom. The van der Waals surface area contributed by atoms with E-state index in [9.17, 15) is 4.79 Å². The molecule has 0 saturated carbocycles. The Morgan fingerprint density at radius 3 is 2.03 bits per heavy atom. The van der Waals surface area contributed by atoms with Gasteiger partial charge in [0.2, 0.25) is 0 Å². The zero-order chi connectivity index (χ0) is 24.6. The number of carbonyl (C=O) groups excluding carboxylic acids is 1. The quantitative estimate of drug-likeness (QED) is 0.218. The summed E-state index contributed by atoms with van der Waals surface area (Å²) in [6.07, 6.45) is 7.51. The van der Waals surface area contributed by atoms with Gasteiger partial charge in [-0.05, 0) is 96.0 Å². The lowest BCUT2D eigenvalue weighted by Crippen LogP contribution is -2.25. The fourth-order valence-electron chi connectivity index (χ4n) is 3.05. The van der Waals surface area contributed by atoms with Gasteiger partial charge < -0.3 is 14.2 Å². The maximum Gasteiger partial charge on any atom is 0.185 e. The molecule has 0 aliphatic carbocycles. The molecule has 0 atom stereocenters. The molecule has 33 heavy (non-hydrogen) atoms. The number of carbonyl (C=O) groups is 1. The number of rotatable bonds is 10. The van der Waals surface area contributed by atoms with E-state index in [0.29, 0.717) is 30.1 Å². The number of ether oxygens (including phenoxy) is 3. The molecule has 4 nitrogen and oxygen atoms in total. The van der Waals surface area contributed by atoms with Crippen molar-refractivity contribution < 1.29 is 19.0 Å². The van der Waals surface area contributed by atoms with E-state index in [2.05, 4.69) is 13.2 Å². The maximum absolute atomic E-state index is 12.8. The third-order valence-electron chi connectivity index (χ3n) is 4.31. The molecule has 0 heterocycles. The van der Waals surface area contributed by atoms with Crippen LogP contribution in [0, 0.1) is 0 Å². The summed E-state index contributed by atoms with van der Waals surface area (Å²) in [6, 6.07) is 11.0. The molecule has 0 spiro atoms. The monoisotopic (exact) mass is 448 g/mol. The maximum atomic E-state index is 12.8. The molecular weight excluding hydrogens is 412 g/mol. The fraction of sp³-hybridized carbons (Fsp3) is 0.345. The Kier molecular flexibility index (Phi) is 8.69. The Labute approximate surface area is 198 Å². The molecule has 2 aromatic carbocycles. The van der Waals surface area contributed by atoms with Crippen LogP contribution in [0.25, 0.3) is 6.08 Å². The molecule has 0 bridgehead atoms. The number of hydrogen-bond acceptors (Lipinski definition) is 4. The van der Waals surface area contributed by atoms with Gasteiger partial charge in [0.15, 0.2) is 5.78 Å². The van der Waals surface area contributed by atoms with Gasteiger partial charge in [-0.3, -0.25) is 4.79 Å². The van der Waals surface area contributed by atoms with Crippen molar-refractivity contribution in [2.45, 2.75) is 59.2 Å². The van der Waals surface area contributed by atoms with Crippen molar-refractivity contribution >= 4 is 11.9 Å². The molecule has 0 fully saturated rings. The van der Waals surface area contributed by atoms with Gasteiger partial charge in [0.25, 0.3) is 0 Å². The van der Waals surface area contributed by atoms with Gasteiger partial charge in [-0.1, -0.05) is 18.7 Å². The van der Waals surface area contributed by atoms with E-state index >= 15 is 0 Å². The second-order valence-electron chi connectivity index (χ2n) is 9.74. The SMILES string of the molecule is C=CCOc1ccc(C(=O)/C=C/c2cc(CC=C)c(OC(C)(C)C)cc2OC(C)(C)C)cc1. The number of hydrogen-bond donors (Lipinski definition) is 0. The Hall–Kier alpha value is -3.27. The zero-order valence-electron chi connectivity index (χ0n) is 20.7. The van der Waals surface area contributed by atoms with Gasteiger partial charge in [-0.2, -0.15) is 0 Å². The van der Waals surface area contributed by atoms with Crippen LogP contribution in [0.2, 0.25) is 0 Å². The standard InChI is InChI=1S/C29H36O4/c1-9-11-22-19-23(27(33-29(6,7)8)20-26(22)32-28(3,4)5)14-17-25(30)21-12-15-24(16-13-21)31-18-10-2/h9-10,12-17,19-20H,1-2,11,18H2,3-8H3/b17-14+. The first-order valence-corrected chi connectivity index (χ1v) is 11.1. The molecule has 2 rings (SSSR count).